The van der Waals surface area contributed by atoms with Crippen molar-refractivity contribution in [2.45, 2.75) is 31.6 Å². The van der Waals surface area contributed by atoms with Crippen LogP contribution in [0.1, 0.15) is 26.2 Å². The minimum atomic E-state index is -3.53. The van der Waals surface area contributed by atoms with Crippen LogP contribution in [-0.4, -0.2) is 49.0 Å². The van der Waals surface area contributed by atoms with Gasteiger partial charge in [0.25, 0.3) is 0 Å². The molecule has 0 fully saturated rings. The van der Waals surface area contributed by atoms with Crippen LogP contribution in [-0.2, 0) is 21.2 Å². The first-order valence-corrected chi connectivity index (χ1v) is 11.7. The third-order valence-corrected chi connectivity index (χ3v) is 6.93. The van der Waals surface area contributed by atoms with Gasteiger partial charge in [0, 0.05) is 31.6 Å². The molecule has 0 bridgehead atoms. The highest BCUT2D eigenvalue weighted by atomic mass is 32.2. The van der Waals surface area contributed by atoms with E-state index in [0.717, 1.165) is 0 Å². The number of hydrogen-bond donors (Lipinski definition) is 1. The van der Waals surface area contributed by atoms with Gasteiger partial charge in [0.2, 0.25) is 27.6 Å². The molecule has 0 atom stereocenters. The second-order valence-corrected chi connectivity index (χ2v) is 8.81. The fourth-order valence-corrected chi connectivity index (χ4v) is 4.62. The summed E-state index contributed by atoms with van der Waals surface area (Å²) in [6, 6.07) is 13.4. The maximum atomic E-state index is 12.5. The molecule has 0 unspecified atom stereocenters. The summed E-state index contributed by atoms with van der Waals surface area (Å²) in [5.74, 6) is 1.11. The van der Waals surface area contributed by atoms with E-state index in [9.17, 15) is 13.2 Å². The number of rotatable bonds is 10. The normalized spacial score (nSPS) is 11.5. The van der Waals surface area contributed by atoms with E-state index in [1.54, 1.807) is 39.2 Å². The Labute approximate surface area is 187 Å². The van der Waals surface area contributed by atoms with Crippen LogP contribution in [0.4, 0.5) is 5.69 Å². The molecule has 0 aliphatic carbocycles. The molecule has 0 saturated heterocycles. The van der Waals surface area contributed by atoms with Crippen molar-refractivity contribution in [3.05, 3.63) is 54.4 Å². The highest BCUT2D eigenvalue weighted by Crippen LogP contribution is 2.27. The number of hydrogen-bond acceptors (Lipinski definition) is 7. The Morgan fingerprint density at radius 2 is 1.78 bits per heavy atom. The SMILES string of the molecule is CCN(CC)S(=O)(=O)c1ccc(NC(=O)CCc2nc(-c3ccccc3OC)no2)cc1. The summed E-state index contributed by atoms with van der Waals surface area (Å²) in [6.45, 7) is 4.37. The fourth-order valence-electron chi connectivity index (χ4n) is 3.16. The minimum Gasteiger partial charge on any atom is -0.496 e. The molecule has 0 aliphatic rings. The molecule has 170 valence electrons. The zero-order valence-electron chi connectivity index (χ0n) is 18.2. The lowest BCUT2D eigenvalue weighted by molar-refractivity contribution is -0.116. The molecule has 0 radical (unpaired) electrons. The highest BCUT2D eigenvalue weighted by Gasteiger charge is 2.21. The van der Waals surface area contributed by atoms with Crippen LogP contribution < -0.4 is 10.1 Å². The van der Waals surface area contributed by atoms with Gasteiger partial charge in [-0.25, -0.2) is 8.42 Å². The molecule has 2 aromatic carbocycles. The Kier molecular flexibility index (Phi) is 7.60. The van der Waals surface area contributed by atoms with E-state index in [4.69, 9.17) is 9.26 Å². The number of aromatic nitrogens is 2. The third kappa shape index (κ3) is 5.32. The van der Waals surface area contributed by atoms with Gasteiger partial charge in [0.05, 0.1) is 17.6 Å². The average Bonchev–Trinajstić information content (AvgIpc) is 3.27. The second kappa shape index (κ2) is 10.4. The van der Waals surface area contributed by atoms with Crippen molar-refractivity contribution in [3.63, 3.8) is 0 Å². The summed E-state index contributed by atoms with van der Waals surface area (Å²) in [6.07, 6.45) is 0.398. The van der Waals surface area contributed by atoms with E-state index in [1.807, 2.05) is 18.2 Å². The van der Waals surface area contributed by atoms with E-state index < -0.39 is 10.0 Å². The standard InChI is InChI=1S/C22H26N4O5S/c1-4-26(5-2)32(28,29)17-12-10-16(11-13-17)23-20(27)14-15-21-24-22(25-31-21)18-8-6-7-9-19(18)30-3/h6-13H,4-5,14-15H2,1-3H3,(H,23,27). The average molecular weight is 459 g/mol. The van der Waals surface area contributed by atoms with Crippen molar-refractivity contribution in [1.82, 2.24) is 14.4 Å². The van der Waals surface area contributed by atoms with Gasteiger partial charge in [0.1, 0.15) is 5.75 Å². The van der Waals surface area contributed by atoms with Crippen LogP contribution in [0, 0.1) is 0 Å². The lowest BCUT2D eigenvalue weighted by Crippen LogP contribution is -2.30. The van der Waals surface area contributed by atoms with Gasteiger partial charge < -0.3 is 14.6 Å². The molecule has 1 amide bonds. The molecule has 3 rings (SSSR count). The first-order valence-electron chi connectivity index (χ1n) is 10.2. The quantitative estimate of drug-likeness (QED) is 0.495. The van der Waals surface area contributed by atoms with Crippen LogP contribution in [0.15, 0.2) is 57.9 Å². The van der Waals surface area contributed by atoms with Crippen molar-refractivity contribution in [1.29, 1.82) is 0 Å². The summed E-state index contributed by atoms with van der Waals surface area (Å²) in [7, 11) is -1.97. The van der Waals surface area contributed by atoms with E-state index in [0.29, 0.717) is 41.8 Å². The van der Waals surface area contributed by atoms with Gasteiger partial charge in [-0.05, 0) is 36.4 Å². The molecule has 1 aromatic heterocycles. The van der Waals surface area contributed by atoms with E-state index in [-0.39, 0.29) is 23.6 Å². The van der Waals surface area contributed by atoms with Crippen LogP contribution >= 0.6 is 0 Å². The summed E-state index contributed by atoms with van der Waals surface area (Å²) in [5.41, 5.74) is 1.21. The monoisotopic (exact) mass is 458 g/mol. The molecular formula is C22H26N4O5S. The number of para-hydroxylation sites is 1. The second-order valence-electron chi connectivity index (χ2n) is 6.87. The summed E-state index contributed by atoms with van der Waals surface area (Å²) >= 11 is 0. The van der Waals surface area contributed by atoms with Crippen LogP contribution in [0.25, 0.3) is 11.4 Å². The predicted octanol–water partition coefficient (Wildman–Crippen LogP) is 3.35. The highest BCUT2D eigenvalue weighted by molar-refractivity contribution is 7.89. The van der Waals surface area contributed by atoms with Crippen molar-refractivity contribution < 1.29 is 22.5 Å². The molecule has 9 nitrogen and oxygen atoms in total. The molecule has 1 heterocycles. The number of amides is 1. The van der Waals surface area contributed by atoms with Gasteiger partial charge in [-0.1, -0.05) is 31.1 Å². The number of carbonyl (C=O) groups is 1. The van der Waals surface area contributed by atoms with E-state index in [2.05, 4.69) is 15.5 Å². The van der Waals surface area contributed by atoms with Crippen molar-refractivity contribution in [2.24, 2.45) is 0 Å². The molecule has 0 aliphatic heterocycles. The fraction of sp³-hybridized carbons (Fsp3) is 0.318. The molecular weight excluding hydrogens is 432 g/mol. The van der Waals surface area contributed by atoms with Gasteiger partial charge in [-0.3, -0.25) is 4.79 Å². The number of anilines is 1. The van der Waals surface area contributed by atoms with Crippen molar-refractivity contribution in [3.8, 4) is 17.1 Å². The first-order chi connectivity index (χ1) is 15.4. The number of ether oxygens (including phenoxy) is 1. The minimum absolute atomic E-state index is 0.132. The number of nitrogens with zero attached hydrogens (tertiary/aromatic N) is 3. The van der Waals surface area contributed by atoms with Crippen molar-refractivity contribution >= 4 is 21.6 Å². The Morgan fingerprint density at radius 3 is 2.44 bits per heavy atom. The van der Waals surface area contributed by atoms with Gasteiger partial charge in [-0.15, -0.1) is 0 Å². The number of methoxy groups -OCH3 is 1. The third-order valence-electron chi connectivity index (χ3n) is 4.86. The molecule has 3 aromatic rings. The van der Waals surface area contributed by atoms with Gasteiger partial charge in [0.15, 0.2) is 0 Å². The maximum absolute atomic E-state index is 12.5. The van der Waals surface area contributed by atoms with E-state index in [1.165, 1.54) is 16.4 Å². The molecule has 10 heteroatoms. The molecule has 1 N–H and O–H groups in total. The summed E-state index contributed by atoms with van der Waals surface area (Å²) in [4.78, 5) is 16.8. The molecule has 0 saturated carbocycles. The Balaban J connectivity index is 1.58. The van der Waals surface area contributed by atoms with Gasteiger partial charge in [-0.2, -0.15) is 9.29 Å². The lowest BCUT2D eigenvalue weighted by Gasteiger charge is -2.18. The topological polar surface area (TPSA) is 115 Å². The zero-order chi connectivity index (χ0) is 23.1. The summed E-state index contributed by atoms with van der Waals surface area (Å²) in [5, 5.41) is 6.71. The Bertz CT molecular complexity index is 1160. The first kappa shape index (κ1) is 23.4. The van der Waals surface area contributed by atoms with Gasteiger partial charge >= 0.3 is 0 Å². The van der Waals surface area contributed by atoms with Crippen LogP contribution in [0.2, 0.25) is 0 Å². The Morgan fingerprint density at radius 1 is 1.09 bits per heavy atom. The van der Waals surface area contributed by atoms with Crippen molar-refractivity contribution in [2.75, 3.05) is 25.5 Å². The van der Waals surface area contributed by atoms with E-state index >= 15 is 0 Å². The van der Waals surface area contributed by atoms with Crippen LogP contribution in [0.5, 0.6) is 5.75 Å². The number of aryl methyl sites for hydroxylation is 1. The number of carbonyl (C=O) groups excluding carboxylic acids is 1. The number of nitrogens with one attached hydrogen (secondary N) is 1. The summed E-state index contributed by atoms with van der Waals surface area (Å²) < 4.78 is 37.0. The number of sulfonamides is 1. The zero-order valence-corrected chi connectivity index (χ0v) is 19.1. The largest absolute Gasteiger partial charge is 0.496 e. The molecule has 0 spiro atoms. The number of benzene rings is 2. The molecule has 32 heavy (non-hydrogen) atoms. The Hall–Kier alpha value is -3.24. The smallest absolute Gasteiger partial charge is 0.243 e. The maximum Gasteiger partial charge on any atom is 0.243 e. The predicted molar refractivity (Wildman–Crippen MR) is 120 cm³/mol. The lowest BCUT2D eigenvalue weighted by atomic mass is 10.2. The van der Waals surface area contributed by atoms with Crippen LogP contribution in [0.3, 0.4) is 0 Å².